The highest BCUT2D eigenvalue weighted by molar-refractivity contribution is 7.89. The Kier molecular flexibility index (Phi) is 7.50. The van der Waals surface area contributed by atoms with Crippen molar-refractivity contribution in [3.63, 3.8) is 0 Å². The van der Waals surface area contributed by atoms with Crippen molar-refractivity contribution in [1.29, 1.82) is 0 Å². The second kappa shape index (κ2) is 8.87. The van der Waals surface area contributed by atoms with Crippen LogP contribution in [0.1, 0.15) is 37.9 Å². The summed E-state index contributed by atoms with van der Waals surface area (Å²) in [5.41, 5.74) is 0.732. The summed E-state index contributed by atoms with van der Waals surface area (Å²) in [4.78, 5) is 11.2. The van der Waals surface area contributed by atoms with E-state index >= 15 is 0 Å². The van der Waals surface area contributed by atoms with E-state index in [1.165, 1.54) is 7.11 Å². The van der Waals surface area contributed by atoms with Crippen molar-refractivity contribution in [3.05, 3.63) is 35.9 Å². The zero-order chi connectivity index (χ0) is 16.6. The number of benzene rings is 1. The minimum absolute atomic E-state index is 0.272. The molecule has 0 aromatic heterocycles. The molecule has 0 spiro atoms. The average molecular weight is 329 g/mol. The molecule has 2 N–H and O–H groups in total. The lowest BCUT2D eigenvalue weighted by Gasteiger charge is -2.19. The molecule has 0 aliphatic heterocycles. The fraction of sp³-hybridized carbons (Fsp3) is 0.533. The van der Waals surface area contributed by atoms with E-state index in [1.54, 1.807) is 24.3 Å². The summed E-state index contributed by atoms with van der Waals surface area (Å²) in [7, 11) is -2.34. The van der Waals surface area contributed by atoms with Gasteiger partial charge in [0.15, 0.2) is 0 Å². The maximum Gasteiger partial charge on any atom is 0.321 e. The number of nitrogens with one attached hydrogen (secondary N) is 1. The Bertz CT molecular complexity index is 559. The number of carbonyl (C=O) groups is 1. The number of methoxy groups -OCH3 is 1. The van der Waals surface area contributed by atoms with Gasteiger partial charge < -0.3 is 9.84 Å². The second-order valence-corrected chi connectivity index (χ2v) is 6.87. The maximum atomic E-state index is 12.2. The van der Waals surface area contributed by atoms with Gasteiger partial charge in [-0.05, 0) is 12.0 Å². The predicted octanol–water partition coefficient (Wildman–Crippen LogP) is 1.94. The second-order valence-electron chi connectivity index (χ2n) is 5.07. The molecule has 0 aliphatic carbocycles. The van der Waals surface area contributed by atoms with Crippen LogP contribution >= 0.6 is 0 Å². The number of sulfonamides is 1. The van der Waals surface area contributed by atoms with Crippen LogP contribution in [0.3, 0.4) is 0 Å². The summed E-state index contributed by atoms with van der Waals surface area (Å²) in [5.74, 6) is -1.48. The maximum absolute atomic E-state index is 12.2. The molecule has 0 amide bonds. The molecular formula is C15H23NO5S. The van der Waals surface area contributed by atoms with E-state index in [4.69, 9.17) is 9.84 Å². The van der Waals surface area contributed by atoms with Gasteiger partial charge in [0.1, 0.15) is 6.04 Å². The van der Waals surface area contributed by atoms with Crippen molar-refractivity contribution in [2.75, 3.05) is 12.9 Å². The third-order valence-corrected chi connectivity index (χ3v) is 4.68. The van der Waals surface area contributed by atoms with Gasteiger partial charge in [0.2, 0.25) is 10.0 Å². The van der Waals surface area contributed by atoms with Gasteiger partial charge in [-0.15, -0.1) is 0 Å². The first-order valence-corrected chi connectivity index (χ1v) is 8.85. The topological polar surface area (TPSA) is 92.7 Å². The van der Waals surface area contributed by atoms with Crippen LogP contribution in [0.5, 0.6) is 0 Å². The molecule has 0 heterocycles. The van der Waals surface area contributed by atoms with E-state index in [-0.39, 0.29) is 12.2 Å². The minimum Gasteiger partial charge on any atom is -0.480 e. The van der Waals surface area contributed by atoms with E-state index in [1.807, 2.05) is 13.0 Å². The standard InChI is InChI=1S/C15H23NO5S/c1-3-4-10-13(15(17)18)16-22(19,20)11-14(21-2)12-8-6-5-7-9-12/h5-9,13-14,16H,3-4,10-11H2,1-2H3,(H,17,18). The molecule has 1 aromatic carbocycles. The van der Waals surface area contributed by atoms with Crippen LogP contribution in [0.25, 0.3) is 0 Å². The molecule has 0 bridgehead atoms. The molecule has 0 fully saturated rings. The van der Waals surface area contributed by atoms with Gasteiger partial charge in [-0.25, -0.2) is 13.1 Å². The Morgan fingerprint density at radius 1 is 1.32 bits per heavy atom. The van der Waals surface area contributed by atoms with Gasteiger partial charge in [0.05, 0.1) is 11.9 Å². The van der Waals surface area contributed by atoms with E-state index in [0.29, 0.717) is 6.42 Å². The molecule has 124 valence electrons. The SMILES string of the molecule is CCCCC(NS(=O)(=O)CC(OC)c1ccccc1)C(=O)O. The molecule has 0 aliphatic rings. The first-order valence-electron chi connectivity index (χ1n) is 7.20. The van der Waals surface area contributed by atoms with Crippen LogP contribution in [0.15, 0.2) is 30.3 Å². The number of hydrogen-bond donors (Lipinski definition) is 2. The Balaban J connectivity index is 2.78. The zero-order valence-electron chi connectivity index (χ0n) is 12.9. The first-order chi connectivity index (χ1) is 10.4. The zero-order valence-corrected chi connectivity index (χ0v) is 13.7. The molecule has 1 aromatic rings. The van der Waals surface area contributed by atoms with Gasteiger partial charge in [-0.1, -0.05) is 50.1 Å². The van der Waals surface area contributed by atoms with E-state index < -0.39 is 28.1 Å². The van der Waals surface area contributed by atoms with Crippen LogP contribution in [0, 0.1) is 0 Å². The number of ether oxygens (including phenoxy) is 1. The summed E-state index contributed by atoms with van der Waals surface area (Å²) in [6, 6.07) is 7.86. The number of carboxylic acids is 1. The lowest BCUT2D eigenvalue weighted by atomic mass is 10.1. The van der Waals surface area contributed by atoms with Crippen LogP contribution in [-0.2, 0) is 19.6 Å². The molecule has 22 heavy (non-hydrogen) atoms. The number of aliphatic carboxylic acids is 1. The predicted molar refractivity (Wildman–Crippen MR) is 84.1 cm³/mol. The number of carboxylic acid groups (broad SMARTS) is 1. The van der Waals surface area contributed by atoms with Crippen molar-refractivity contribution < 1.29 is 23.1 Å². The monoisotopic (exact) mass is 329 g/mol. The molecule has 2 unspecified atom stereocenters. The fourth-order valence-electron chi connectivity index (χ4n) is 2.07. The molecule has 6 nitrogen and oxygen atoms in total. The Morgan fingerprint density at radius 2 is 1.95 bits per heavy atom. The van der Waals surface area contributed by atoms with Crippen molar-refractivity contribution in [3.8, 4) is 0 Å². The highest BCUT2D eigenvalue weighted by Crippen LogP contribution is 2.18. The third kappa shape index (κ3) is 6.13. The van der Waals surface area contributed by atoms with Gasteiger partial charge in [-0.3, -0.25) is 4.79 Å². The third-order valence-electron chi connectivity index (χ3n) is 3.29. The van der Waals surface area contributed by atoms with Gasteiger partial charge in [-0.2, -0.15) is 0 Å². The summed E-state index contributed by atoms with van der Waals surface area (Å²) in [6.07, 6.45) is 1.08. The van der Waals surface area contributed by atoms with Crippen molar-refractivity contribution >= 4 is 16.0 Å². The quantitative estimate of drug-likeness (QED) is 0.684. The number of hydrogen-bond acceptors (Lipinski definition) is 4. The largest absolute Gasteiger partial charge is 0.480 e. The van der Waals surface area contributed by atoms with E-state index in [0.717, 1.165) is 12.0 Å². The Labute approximate surface area is 131 Å². The van der Waals surface area contributed by atoms with Gasteiger partial charge >= 0.3 is 5.97 Å². The molecule has 0 radical (unpaired) electrons. The normalized spacial score (nSPS) is 14.5. The lowest BCUT2D eigenvalue weighted by Crippen LogP contribution is -2.42. The average Bonchev–Trinajstić information content (AvgIpc) is 2.49. The highest BCUT2D eigenvalue weighted by Gasteiger charge is 2.26. The van der Waals surface area contributed by atoms with Gasteiger partial charge in [0.25, 0.3) is 0 Å². The van der Waals surface area contributed by atoms with Gasteiger partial charge in [0, 0.05) is 7.11 Å². The highest BCUT2D eigenvalue weighted by atomic mass is 32.2. The van der Waals surface area contributed by atoms with Crippen molar-refractivity contribution in [2.45, 2.75) is 38.3 Å². The molecule has 7 heteroatoms. The summed E-state index contributed by atoms with van der Waals surface area (Å²) < 4.78 is 31.9. The van der Waals surface area contributed by atoms with Crippen molar-refractivity contribution in [2.24, 2.45) is 0 Å². The molecular weight excluding hydrogens is 306 g/mol. The summed E-state index contributed by atoms with van der Waals surface area (Å²) in [5, 5.41) is 9.11. The smallest absolute Gasteiger partial charge is 0.321 e. The van der Waals surface area contributed by atoms with Crippen LogP contribution in [-0.4, -0.2) is 38.4 Å². The first kappa shape index (κ1) is 18.6. The summed E-state index contributed by atoms with van der Waals surface area (Å²) in [6.45, 7) is 1.92. The van der Waals surface area contributed by atoms with E-state index in [2.05, 4.69) is 4.72 Å². The Hall–Kier alpha value is -1.44. The molecule has 0 saturated carbocycles. The van der Waals surface area contributed by atoms with Crippen LogP contribution in [0.2, 0.25) is 0 Å². The summed E-state index contributed by atoms with van der Waals surface area (Å²) >= 11 is 0. The van der Waals surface area contributed by atoms with E-state index in [9.17, 15) is 13.2 Å². The number of rotatable bonds is 10. The molecule has 1 rings (SSSR count). The Morgan fingerprint density at radius 3 is 2.45 bits per heavy atom. The molecule has 0 saturated heterocycles. The molecule has 2 atom stereocenters. The fourth-order valence-corrected chi connectivity index (χ4v) is 3.55. The number of unbranched alkanes of at least 4 members (excludes halogenated alkanes) is 1. The van der Waals surface area contributed by atoms with Crippen molar-refractivity contribution in [1.82, 2.24) is 4.72 Å². The lowest BCUT2D eigenvalue weighted by molar-refractivity contribution is -0.139. The van der Waals surface area contributed by atoms with Crippen LogP contribution in [0.4, 0.5) is 0 Å². The van der Waals surface area contributed by atoms with Crippen LogP contribution < -0.4 is 4.72 Å². The minimum atomic E-state index is -3.77.